The van der Waals surface area contributed by atoms with Crippen molar-refractivity contribution in [2.24, 2.45) is 5.16 Å². The molecule has 0 aliphatic rings. The molecule has 0 bridgehead atoms. The van der Waals surface area contributed by atoms with E-state index in [1.807, 2.05) is 25.1 Å². The highest BCUT2D eigenvalue weighted by molar-refractivity contribution is 5.98. The van der Waals surface area contributed by atoms with Crippen molar-refractivity contribution < 1.29 is 19.5 Å². The van der Waals surface area contributed by atoms with Gasteiger partial charge < -0.3 is 20.0 Å². The van der Waals surface area contributed by atoms with Crippen molar-refractivity contribution in [1.82, 2.24) is 15.3 Å². The van der Waals surface area contributed by atoms with E-state index in [2.05, 4.69) is 27.0 Å². The van der Waals surface area contributed by atoms with Gasteiger partial charge in [-0.3, -0.25) is 9.78 Å². The number of oxime groups is 1. The quantitative estimate of drug-likeness (QED) is 0.342. The molecule has 0 spiro atoms. The lowest BCUT2D eigenvalue weighted by molar-refractivity contribution is 0.0910. The number of carbonyl (C=O) groups excluding carboxylic acids is 1. The Morgan fingerprint density at radius 2 is 2.10 bits per heavy atom. The molecule has 0 aliphatic carbocycles. The van der Waals surface area contributed by atoms with Crippen LogP contribution in [-0.2, 0) is 4.84 Å². The summed E-state index contributed by atoms with van der Waals surface area (Å²) >= 11 is 0. The average molecular weight is 398 g/mol. The Hall–Kier alpha value is -3.26. The molecule has 0 saturated carbocycles. The summed E-state index contributed by atoms with van der Waals surface area (Å²) in [5.41, 5.74) is 1.58. The Morgan fingerprint density at radius 1 is 1.28 bits per heavy atom. The first-order valence-corrected chi connectivity index (χ1v) is 9.34. The van der Waals surface area contributed by atoms with E-state index in [9.17, 15) is 9.90 Å². The van der Waals surface area contributed by atoms with Crippen molar-refractivity contribution in [3.05, 3.63) is 66.5 Å². The van der Waals surface area contributed by atoms with Crippen LogP contribution in [-0.4, -0.2) is 45.9 Å². The Morgan fingerprint density at radius 3 is 2.69 bits per heavy atom. The van der Waals surface area contributed by atoms with Gasteiger partial charge in [0, 0.05) is 12.6 Å². The second-order valence-corrected chi connectivity index (χ2v) is 6.29. The number of rotatable bonds is 11. The van der Waals surface area contributed by atoms with Gasteiger partial charge >= 0.3 is 0 Å². The Balaban J connectivity index is 1.93. The summed E-state index contributed by atoms with van der Waals surface area (Å²) in [5, 5.41) is 16.0. The molecule has 2 aromatic heterocycles. The van der Waals surface area contributed by atoms with Gasteiger partial charge in [-0.15, -0.1) is 0 Å². The second-order valence-electron chi connectivity index (χ2n) is 6.29. The van der Waals surface area contributed by atoms with Crippen LogP contribution in [0.15, 0.2) is 60.2 Å². The number of pyridine rings is 2. The van der Waals surface area contributed by atoms with Crippen molar-refractivity contribution in [2.45, 2.75) is 32.7 Å². The maximum atomic E-state index is 12.1. The van der Waals surface area contributed by atoms with Crippen LogP contribution in [0.4, 0.5) is 0 Å². The average Bonchev–Trinajstić information content (AvgIpc) is 2.75. The highest BCUT2D eigenvalue weighted by Crippen LogP contribution is 2.11. The fraction of sp³-hybridized carbons (Fsp3) is 0.333. The number of allylic oxidation sites excluding steroid dienone is 1. The Bertz CT molecular complexity index is 818. The van der Waals surface area contributed by atoms with E-state index >= 15 is 0 Å². The molecule has 1 amide bonds. The third-order valence-electron chi connectivity index (χ3n) is 3.90. The van der Waals surface area contributed by atoms with Crippen LogP contribution < -0.4 is 10.1 Å². The summed E-state index contributed by atoms with van der Waals surface area (Å²) in [6, 6.07) is 8.49. The molecule has 0 aromatic carbocycles. The van der Waals surface area contributed by atoms with E-state index in [0.717, 1.165) is 0 Å². The molecular formula is C21H26N4O4. The van der Waals surface area contributed by atoms with E-state index in [-0.39, 0.29) is 24.2 Å². The van der Waals surface area contributed by atoms with Gasteiger partial charge in [0.1, 0.15) is 22.9 Å². The zero-order valence-electron chi connectivity index (χ0n) is 16.7. The number of hydrogen-bond acceptors (Lipinski definition) is 7. The van der Waals surface area contributed by atoms with E-state index in [0.29, 0.717) is 42.4 Å². The predicted octanol–water partition coefficient (Wildman–Crippen LogP) is 2.70. The molecule has 0 fully saturated rings. The summed E-state index contributed by atoms with van der Waals surface area (Å²) in [6.07, 6.45) is 4.26. The Kier molecular flexibility index (Phi) is 8.78. The third-order valence-corrected chi connectivity index (χ3v) is 3.90. The number of nitrogens with zero attached hydrogens (tertiary/aromatic N) is 3. The molecule has 1 unspecified atom stereocenters. The maximum Gasteiger partial charge on any atom is 0.270 e. The lowest BCUT2D eigenvalue weighted by atomic mass is 10.2. The molecule has 0 aliphatic heterocycles. The molecule has 154 valence electrons. The summed E-state index contributed by atoms with van der Waals surface area (Å²) in [5.74, 6) is 0.667. The first-order valence-electron chi connectivity index (χ1n) is 9.34. The van der Waals surface area contributed by atoms with Gasteiger partial charge in [-0.25, -0.2) is 4.98 Å². The van der Waals surface area contributed by atoms with Crippen LogP contribution in [0.2, 0.25) is 0 Å². The third kappa shape index (κ3) is 7.34. The van der Waals surface area contributed by atoms with Crippen molar-refractivity contribution in [1.29, 1.82) is 0 Å². The summed E-state index contributed by atoms with van der Waals surface area (Å²) in [4.78, 5) is 25.7. The van der Waals surface area contributed by atoms with Crippen LogP contribution in [0.3, 0.4) is 0 Å². The monoisotopic (exact) mass is 398 g/mol. The maximum absolute atomic E-state index is 12.1. The number of carbonyl (C=O) groups is 1. The zero-order chi connectivity index (χ0) is 21.1. The number of aliphatic hydroxyl groups excluding tert-OH is 1. The van der Waals surface area contributed by atoms with Gasteiger partial charge in [0.05, 0.1) is 31.1 Å². The van der Waals surface area contributed by atoms with Gasteiger partial charge in [0.25, 0.3) is 5.91 Å². The molecule has 29 heavy (non-hydrogen) atoms. The largest absolute Gasteiger partial charge is 0.492 e. The lowest BCUT2D eigenvalue weighted by Gasteiger charge is -2.13. The number of amides is 1. The van der Waals surface area contributed by atoms with Crippen LogP contribution in [0, 0.1) is 0 Å². The van der Waals surface area contributed by atoms with E-state index in [1.54, 1.807) is 25.3 Å². The predicted molar refractivity (Wildman–Crippen MR) is 110 cm³/mol. The minimum atomic E-state index is -0.334. The fourth-order valence-corrected chi connectivity index (χ4v) is 2.29. The Labute approximate surface area is 170 Å². The number of aromatic nitrogens is 2. The first kappa shape index (κ1) is 22.0. The minimum Gasteiger partial charge on any atom is -0.492 e. The number of nitrogens with one attached hydrogen (secondary N) is 1. The van der Waals surface area contributed by atoms with Crippen LogP contribution in [0.5, 0.6) is 5.75 Å². The van der Waals surface area contributed by atoms with Gasteiger partial charge in [-0.1, -0.05) is 24.7 Å². The van der Waals surface area contributed by atoms with Crippen molar-refractivity contribution in [2.75, 3.05) is 13.2 Å². The topological polar surface area (TPSA) is 106 Å². The normalized spacial score (nSPS) is 12.2. The molecule has 8 nitrogen and oxygen atoms in total. The molecule has 2 rings (SSSR count). The molecule has 2 aromatic rings. The highest BCUT2D eigenvalue weighted by atomic mass is 16.6. The molecule has 2 heterocycles. The molecule has 2 N–H and O–H groups in total. The molecule has 0 saturated heterocycles. The van der Waals surface area contributed by atoms with Crippen molar-refractivity contribution in [3.8, 4) is 5.75 Å². The van der Waals surface area contributed by atoms with Crippen LogP contribution >= 0.6 is 0 Å². The number of ether oxygens (including phenoxy) is 1. The van der Waals surface area contributed by atoms with E-state index in [1.165, 1.54) is 6.20 Å². The van der Waals surface area contributed by atoms with E-state index < -0.39 is 0 Å². The summed E-state index contributed by atoms with van der Waals surface area (Å²) < 4.78 is 5.70. The van der Waals surface area contributed by atoms with Gasteiger partial charge in [0.2, 0.25) is 0 Å². The molecule has 1 atom stereocenters. The van der Waals surface area contributed by atoms with Crippen LogP contribution in [0.25, 0.3) is 0 Å². The zero-order valence-corrected chi connectivity index (χ0v) is 16.7. The van der Waals surface area contributed by atoms with Gasteiger partial charge in [0.15, 0.2) is 0 Å². The van der Waals surface area contributed by atoms with Gasteiger partial charge in [-0.2, -0.15) is 0 Å². The van der Waals surface area contributed by atoms with E-state index in [4.69, 9.17) is 9.57 Å². The minimum absolute atomic E-state index is 0.112. The molecular weight excluding hydrogens is 372 g/mol. The number of hydrogen-bond donors (Lipinski definition) is 2. The standard InChI is InChI=1S/C21H26N4O4/c1-4-16(14-26)24-21(27)20-9-8-17(13-23-20)28-12-10-19(25-29-15(2)3)18-7-5-6-11-22-18/h5-9,11,13,16,26H,2,4,10,12,14H2,1,3H3,(H,24,27)/b25-19+. The first-order chi connectivity index (χ1) is 14.0. The highest BCUT2D eigenvalue weighted by Gasteiger charge is 2.13. The van der Waals surface area contributed by atoms with Gasteiger partial charge in [-0.05, 0) is 37.6 Å². The van der Waals surface area contributed by atoms with Crippen molar-refractivity contribution >= 4 is 11.6 Å². The number of aliphatic hydroxyl groups is 1. The fourth-order valence-electron chi connectivity index (χ4n) is 2.29. The van der Waals surface area contributed by atoms with Crippen molar-refractivity contribution in [3.63, 3.8) is 0 Å². The summed E-state index contributed by atoms with van der Waals surface area (Å²) in [7, 11) is 0. The SMILES string of the molecule is C=C(C)O/N=C(\CCOc1ccc(C(=O)NC(CC)CO)nc1)c1ccccn1. The van der Waals surface area contributed by atoms with Crippen LogP contribution in [0.1, 0.15) is 42.9 Å². The smallest absolute Gasteiger partial charge is 0.270 e. The molecule has 0 radical (unpaired) electrons. The second kappa shape index (κ2) is 11.6. The molecule has 8 heteroatoms. The summed E-state index contributed by atoms with van der Waals surface area (Å²) in [6.45, 7) is 7.47. The lowest BCUT2D eigenvalue weighted by Crippen LogP contribution is -2.37.